The van der Waals surface area contributed by atoms with Gasteiger partial charge in [-0.1, -0.05) is 12.1 Å². The Balaban J connectivity index is 1.56. The van der Waals surface area contributed by atoms with E-state index >= 15 is 0 Å². The second-order valence-electron chi connectivity index (χ2n) is 9.10. The molecule has 0 spiro atoms. The maximum Gasteiger partial charge on any atom is 0.410 e. The van der Waals surface area contributed by atoms with Crippen molar-refractivity contribution in [3.05, 3.63) is 35.4 Å². The third-order valence-corrected chi connectivity index (χ3v) is 5.56. The molecule has 1 aromatic carbocycles. The molecule has 1 aromatic rings. The van der Waals surface area contributed by atoms with Crippen LogP contribution in [-0.2, 0) is 16.1 Å². The van der Waals surface area contributed by atoms with E-state index in [1.54, 1.807) is 4.90 Å². The molecule has 2 saturated heterocycles. The first-order chi connectivity index (χ1) is 14.3. The lowest BCUT2D eigenvalue weighted by Gasteiger charge is -2.31. The molecule has 0 N–H and O–H groups in total. The minimum atomic E-state index is -0.568. The van der Waals surface area contributed by atoms with E-state index in [4.69, 9.17) is 10.00 Å². The van der Waals surface area contributed by atoms with Crippen LogP contribution >= 0.6 is 0 Å². The monoisotopic (exact) mass is 412 g/mol. The van der Waals surface area contributed by atoms with Crippen molar-refractivity contribution < 1.29 is 14.3 Å². The molecule has 2 heterocycles. The zero-order chi connectivity index (χ0) is 21.7. The van der Waals surface area contributed by atoms with Gasteiger partial charge in [-0.25, -0.2) is 4.79 Å². The lowest BCUT2D eigenvalue weighted by Crippen LogP contribution is -2.49. The number of nitriles is 1. The first kappa shape index (κ1) is 22.1. The van der Waals surface area contributed by atoms with Gasteiger partial charge in [0.05, 0.1) is 11.6 Å². The first-order valence-corrected chi connectivity index (χ1v) is 10.8. The van der Waals surface area contributed by atoms with Gasteiger partial charge in [-0.3, -0.25) is 14.6 Å². The minimum Gasteiger partial charge on any atom is -0.444 e. The van der Waals surface area contributed by atoms with Crippen LogP contribution in [0.4, 0.5) is 4.79 Å². The topological polar surface area (TPSA) is 76.9 Å². The van der Waals surface area contributed by atoms with Gasteiger partial charge in [-0.2, -0.15) is 5.26 Å². The molecule has 0 aliphatic carbocycles. The Hall–Kier alpha value is -2.59. The number of rotatable bonds is 3. The Morgan fingerprint density at radius 1 is 1.07 bits per heavy atom. The van der Waals surface area contributed by atoms with Crippen LogP contribution in [-0.4, -0.2) is 71.1 Å². The molecule has 7 nitrogen and oxygen atoms in total. The van der Waals surface area contributed by atoms with Gasteiger partial charge in [-0.15, -0.1) is 0 Å². The van der Waals surface area contributed by atoms with Crippen LogP contribution in [0.1, 0.15) is 51.2 Å². The van der Waals surface area contributed by atoms with E-state index < -0.39 is 17.7 Å². The molecule has 1 atom stereocenters. The maximum atomic E-state index is 13.2. The van der Waals surface area contributed by atoms with Gasteiger partial charge >= 0.3 is 6.09 Å². The predicted octanol–water partition coefficient (Wildman–Crippen LogP) is 2.99. The summed E-state index contributed by atoms with van der Waals surface area (Å²) in [4.78, 5) is 31.6. The van der Waals surface area contributed by atoms with E-state index in [1.807, 2.05) is 49.9 Å². The highest BCUT2D eigenvalue weighted by atomic mass is 16.6. The van der Waals surface area contributed by atoms with Crippen molar-refractivity contribution in [1.29, 1.82) is 5.26 Å². The van der Waals surface area contributed by atoms with Gasteiger partial charge in [0, 0.05) is 39.3 Å². The van der Waals surface area contributed by atoms with Crippen molar-refractivity contribution in [2.24, 2.45) is 0 Å². The fraction of sp³-hybridized carbons (Fsp3) is 0.609. The molecule has 2 aliphatic heterocycles. The zero-order valence-electron chi connectivity index (χ0n) is 18.3. The van der Waals surface area contributed by atoms with Gasteiger partial charge in [0.15, 0.2) is 0 Å². The normalized spacial score (nSPS) is 20.5. The van der Waals surface area contributed by atoms with E-state index in [2.05, 4.69) is 11.0 Å². The average Bonchev–Trinajstić information content (AvgIpc) is 3.08. The van der Waals surface area contributed by atoms with Crippen molar-refractivity contribution >= 4 is 12.0 Å². The molecule has 3 rings (SSSR count). The van der Waals surface area contributed by atoms with Crippen LogP contribution in [0.15, 0.2) is 24.3 Å². The van der Waals surface area contributed by atoms with E-state index in [0.29, 0.717) is 31.6 Å². The fourth-order valence-electron chi connectivity index (χ4n) is 4.07. The number of nitrogens with zero attached hydrogens (tertiary/aromatic N) is 4. The number of ether oxygens (including phenoxy) is 1. The Kier molecular flexibility index (Phi) is 6.99. The molecule has 0 aromatic heterocycles. The number of carbonyl (C=O) groups excluding carboxylic acids is 2. The highest BCUT2D eigenvalue weighted by molar-refractivity contribution is 5.86. The van der Waals surface area contributed by atoms with Crippen LogP contribution in [0.25, 0.3) is 0 Å². The van der Waals surface area contributed by atoms with Crippen molar-refractivity contribution in [3.63, 3.8) is 0 Å². The molecule has 30 heavy (non-hydrogen) atoms. The molecule has 0 radical (unpaired) electrons. The van der Waals surface area contributed by atoms with Gasteiger partial charge in [0.25, 0.3) is 0 Å². The Labute approximate surface area is 179 Å². The second kappa shape index (κ2) is 9.48. The second-order valence-corrected chi connectivity index (χ2v) is 9.10. The third kappa shape index (κ3) is 5.73. The van der Waals surface area contributed by atoms with Crippen LogP contribution in [0.5, 0.6) is 0 Å². The van der Waals surface area contributed by atoms with E-state index in [-0.39, 0.29) is 5.91 Å². The molecule has 1 unspecified atom stereocenters. The van der Waals surface area contributed by atoms with Crippen LogP contribution in [0.3, 0.4) is 0 Å². The highest BCUT2D eigenvalue weighted by Gasteiger charge is 2.38. The summed E-state index contributed by atoms with van der Waals surface area (Å²) in [7, 11) is 0. The van der Waals surface area contributed by atoms with E-state index in [1.165, 1.54) is 5.56 Å². The number of carbonyl (C=O) groups is 2. The summed E-state index contributed by atoms with van der Waals surface area (Å²) in [5.41, 5.74) is 1.26. The Bertz CT molecular complexity index is 794. The summed E-state index contributed by atoms with van der Waals surface area (Å²) in [6.45, 7) is 9.99. The summed E-state index contributed by atoms with van der Waals surface area (Å²) < 4.78 is 5.50. The molecule has 162 valence electrons. The highest BCUT2D eigenvalue weighted by Crippen LogP contribution is 2.23. The molecule has 0 bridgehead atoms. The Morgan fingerprint density at radius 2 is 1.80 bits per heavy atom. The Morgan fingerprint density at radius 3 is 2.47 bits per heavy atom. The maximum absolute atomic E-state index is 13.2. The molecule has 2 amide bonds. The number of likely N-dealkylation sites (tertiary alicyclic amines) is 1. The van der Waals surface area contributed by atoms with Gasteiger partial charge in [0.2, 0.25) is 5.91 Å². The quantitative estimate of drug-likeness (QED) is 0.763. The number of amides is 2. The SMILES string of the molecule is CC(C)(C)OC(=O)N1CCCC1C(=O)N1CCCN(Cc2ccc(C#N)cc2)CC1. The molecule has 7 heteroatoms. The summed E-state index contributed by atoms with van der Waals surface area (Å²) in [5, 5.41) is 8.94. The summed E-state index contributed by atoms with van der Waals surface area (Å²) >= 11 is 0. The lowest BCUT2D eigenvalue weighted by atomic mass is 10.1. The van der Waals surface area contributed by atoms with Crippen molar-refractivity contribution in [2.75, 3.05) is 32.7 Å². The average molecular weight is 413 g/mol. The van der Waals surface area contributed by atoms with Crippen molar-refractivity contribution in [2.45, 2.75) is 58.2 Å². The van der Waals surface area contributed by atoms with Gasteiger partial charge < -0.3 is 9.64 Å². The van der Waals surface area contributed by atoms with Gasteiger partial charge in [-0.05, 0) is 57.7 Å². The number of hydrogen-bond donors (Lipinski definition) is 0. The zero-order valence-corrected chi connectivity index (χ0v) is 18.3. The predicted molar refractivity (Wildman–Crippen MR) is 114 cm³/mol. The minimum absolute atomic E-state index is 0.0404. The number of hydrogen-bond acceptors (Lipinski definition) is 5. The van der Waals surface area contributed by atoms with Crippen LogP contribution < -0.4 is 0 Å². The third-order valence-electron chi connectivity index (χ3n) is 5.56. The number of benzene rings is 1. The summed E-state index contributed by atoms with van der Waals surface area (Å²) in [6.07, 6.45) is 2.04. The molecule has 2 aliphatic rings. The molecular weight excluding hydrogens is 380 g/mol. The van der Waals surface area contributed by atoms with Gasteiger partial charge in [0.1, 0.15) is 11.6 Å². The summed E-state index contributed by atoms with van der Waals surface area (Å²) in [5.74, 6) is 0.0404. The van der Waals surface area contributed by atoms with E-state index in [9.17, 15) is 9.59 Å². The largest absolute Gasteiger partial charge is 0.444 e. The molecule has 2 fully saturated rings. The van der Waals surface area contributed by atoms with Crippen molar-refractivity contribution in [3.8, 4) is 6.07 Å². The molecular formula is C23H32N4O3. The van der Waals surface area contributed by atoms with Crippen LogP contribution in [0, 0.1) is 11.3 Å². The van der Waals surface area contributed by atoms with Crippen LogP contribution in [0.2, 0.25) is 0 Å². The van der Waals surface area contributed by atoms with Crippen molar-refractivity contribution in [1.82, 2.24) is 14.7 Å². The smallest absolute Gasteiger partial charge is 0.410 e. The molecule has 0 saturated carbocycles. The first-order valence-electron chi connectivity index (χ1n) is 10.8. The van der Waals surface area contributed by atoms with E-state index in [0.717, 1.165) is 32.5 Å². The standard InChI is InChI=1S/C23H32N4O3/c1-23(2,3)30-22(29)27-13-4-6-20(27)21(28)26-12-5-11-25(14-15-26)17-19-9-7-18(16-24)8-10-19/h7-10,20H,4-6,11-15,17H2,1-3H3. The summed E-state index contributed by atoms with van der Waals surface area (Å²) in [6, 6.07) is 9.39. The fourth-order valence-corrected chi connectivity index (χ4v) is 4.07. The lowest BCUT2D eigenvalue weighted by molar-refractivity contribution is -0.135.